The molecule has 0 aromatic rings. The van der Waals surface area contributed by atoms with Gasteiger partial charge in [-0.25, -0.2) is 4.79 Å². The van der Waals surface area contributed by atoms with Gasteiger partial charge < -0.3 is 15.0 Å². The van der Waals surface area contributed by atoms with Crippen molar-refractivity contribution in [1.82, 2.24) is 10.2 Å². The van der Waals surface area contributed by atoms with E-state index in [0.717, 1.165) is 25.0 Å². The van der Waals surface area contributed by atoms with Gasteiger partial charge in [-0.1, -0.05) is 6.42 Å². The highest BCUT2D eigenvalue weighted by molar-refractivity contribution is 8.00. The Bertz CT molecular complexity index is 322. The maximum atomic E-state index is 11.5. The van der Waals surface area contributed by atoms with Gasteiger partial charge in [-0.15, -0.1) is 0 Å². The minimum atomic E-state index is 0.0639. The van der Waals surface area contributed by atoms with Gasteiger partial charge in [-0.05, 0) is 19.8 Å². The van der Waals surface area contributed by atoms with Crippen LogP contribution in [0.5, 0.6) is 0 Å². The lowest BCUT2D eigenvalue weighted by molar-refractivity contribution is -0.117. The number of thioether (sulfide) groups is 1. The molecular weight excluding hydrogens is 236 g/mol. The van der Waals surface area contributed by atoms with Gasteiger partial charge in [0.2, 0.25) is 0 Å². The third-order valence-electron chi connectivity index (χ3n) is 3.63. The zero-order chi connectivity index (χ0) is 12.4. The van der Waals surface area contributed by atoms with Gasteiger partial charge in [0.25, 0.3) is 0 Å². The van der Waals surface area contributed by atoms with Gasteiger partial charge in [0.1, 0.15) is 5.78 Å². The highest BCUT2D eigenvalue weighted by Gasteiger charge is 2.46. The van der Waals surface area contributed by atoms with Crippen molar-refractivity contribution in [2.24, 2.45) is 0 Å². The number of rotatable bonds is 5. The predicted octanol–water partition coefficient (Wildman–Crippen LogP) is 1.64. The Balaban J connectivity index is 1.78. The van der Waals surface area contributed by atoms with Gasteiger partial charge >= 0.3 is 6.03 Å². The number of nitrogens with one attached hydrogen (secondary N) is 1. The smallest absolute Gasteiger partial charge is 0.317 e. The van der Waals surface area contributed by atoms with Crippen molar-refractivity contribution < 1.29 is 9.59 Å². The van der Waals surface area contributed by atoms with Crippen LogP contribution < -0.4 is 5.32 Å². The molecule has 2 rings (SSSR count). The molecule has 0 aromatic carbocycles. The van der Waals surface area contributed by atoms with E-state index in [9.17, 15) is 9.59 Å². The van der Waals surface area contributed by atoms with E-state index in [4.69, 9.17) is 0 Å². The number of amides is 2. The topological polar surface area (TPSA) is 49.4 Å². The van der Waals surface area contributed by atoms with Crippen LogP contribution in [0.1, 0.15) is 32.6 Å². The lowest BCUT2D eigenvalue weighted by Crippen LogP contribution is -2.38. The van der Waals surface area contributed by atoms with Crippen molar-refractivity contribution in [1.29, 1.82) is 0 Å². The molecule has 1 N–H and O–H groups in total. The highest BCUT2D eigenvalue weighted by Crippen LogP contribution is 2.36. The van der Waals surface area contributed by atoms with Crippen molar-refractivity contribution >= 4 is 23.6 Å². The summed E-state index contributed by atoms with van der Waals surface area (Å²) in [6.07, 6.45) is 3.87. The third-order valence-corrected chi connectivity index (χ3v) is 5.12. The second-order valence-corrected chi connectivity index (χ2v) is 6.25. The molecule has 2 aliphatic rings. The molecule has 0 saturated carbocycles. The molecule has 0 bridgehead atoms. The summed E-state index contributed by atoms with van der Waals surface area (Å²) in [6, 6.07) is 0.745. The van der Waals surface area contributed by atoms with E-state index >= 15 is 0 Å². The second kappa shape index (κ2) is 5.29. The quantitative estimate of drug-likeness (QED) is 0.601. The maximum Gasteiger partial charge on any atom is 0.317 e. The Morgan fingerprint density at radius 3 is 3.00 bits per heavy atom. The van der Waals surface area contributed by atoms with Crippen LogP contribution in [0.2, 0.25) is 0 Å². The number of ketones is 1. The summed E-state index contributed by atoms with van der Waals surface area (Å²) in [5.41, 5.74) is 0. The normalized spacial score (nSPS) is 31.5. The van der Waals surface area contributed by atoms with Gasteiger partial charge in [0, 0.05) is 24.5 Å². The number of Topliss-reactive ketones (excluding diaryl/α,β-unsaturated/α-hetero) is 1. The molecule has 2 aliphatic heterocycles. The fraction of sp³-hybridized carbons (Fsp3) is 0.833. The van der Waals surface area contributed by atoms with Crippen molar-refractivity contribution in [2.45, 2.75) is 49.9 Å². The molecule has 3 atom stereocenters. The van der Waals surface area contributed by atoms with Crippen LogP contribution in [0.3, 0.4) is 0 Å². The Hall–Kier alpha value is -0.710. The Morgan fingerprint density at radius 2 is 2.29 bits per heavy atom. The van der Waals surface area contributed by atoms with Crippen LogP contribution >= 0.6 is 11.8 Å². The Kier molecular flexibility index (Phi) is 3.97. The van der Waals surface area contributed by atoms with Crippen LogP contribution in [0.25, 0.3) is 0 Å². The minimum absolute atomic E-state index is 0.0639. The number of hydrogen-bond donors (Lipinski definition) is 1. The zero-order valence-electron chi connectivity index (χ0n) is 10.4. The summed E-state index contributed by atoms with van der Waals surface area (Å²) in [4.78, 5) is 24.2. The fourth-order valence-corrected chi connectivity index (χ4v) is 4.34. The van der Waals surface area contributed by atoms with E-state index in [1.807, 2.05) is 23.7 Å². The average Bonchev–Trinajstić information content (AvgIpc) is 2.77. The van der Waals surface area contributed by atoms with E-state index in [1.54, 1.807) is 6.92 Å². The summed E-state index contributed by atoms with van der Waals surface area (Å²) < 4.78 is 0. The number of hydrogen-bond acceptors (Lipinski definition) is 3. The molecule has 2 fully saturated rings. The van der Waals surface area contributed by atoms with Gasteiger partial charge in [-0.2, -0.15) is 11.8 Å². The van der Waals surface area contributed by atoms with Crippen LogP contribution in [-0.2, 0) is 4.79 Å². The van der Waals surface area contributed by atoms with Crippen molar-refractivity contribution in [3.63, 3.8) is 0 Å². The predicted molar refractivity (Wildman–Crippen MR) is 69.3 cm³/mol. The van der Waals surface area contributed by atoms with Crippen molar-refractivity contribution in [2.75, 3.05) is 12.8 Å². The molecule has 5 heteroatoms. The van der Waals surface area contributed by atoms with E-state index < -0.39 is 0 Å². The first-order valence-corrected chi connectivity index (χ1v) is 7.29. The number of nitrogens with zero attached hydrogens (tertiary/aromatic N) is 1. The second-order valence-electron chi connectivity index (χ2n) is 4.98. The molecule has 4 nitrogen and oxygen atoms in total. The highest BCUT2D eigenvalue weighted by atomic mass is 32.2. The average molecular weight is 256 g/mol. The van der Waals surface area contributed by atoms with E-state index in [-0.39, 0.29) is 11.8 Å². The molecule has 2 amide bonds. The third kappa shape index (κ3) is 2.76. The molecule has 17 heavy (non-hydrogen) atoms. The number of urea groups is 1. The Morgan fingerprint density at radius 1 is 1.53 bits per heavy atom. The molecule has 0 aromatic heterocycles. The maximum absolute atomic E-state index is 11.5. The van der Waals surface area contributed by atoms with Gasteiger partial charge in [0.05, 0.1) is 12.1 Å². The Labute approximate surface area is 106 Å². The molecule has 96 valence electrons. The summed E-state index contributed by atoms with van der Waals surface area (Å²) in [5, 5.41) is 3.55. The summed E-state index contributed by atoms with van der Waals surface area (Å²) >= 11 is 1.96. The van der Waals surface area contributed by atoms with Crippen LogP contribution in [0.4, 0.5) is 4.79 Å². The van der Waals surface area contributed by atoms with Crippen molar-refractivity contribution in [3.05, 3.63) is 0 Å². The summed E-state index contributed by atoms with van der Waals surface area (Å²) in [5.74, 6) is 1.30. The first kappa shape index (κ1) is 12.7. The standard InChI is InChI=1S/C12H20N2O2S/c1-8(15)5-3-4-6-10-11-9(7-17-10)13-12(16)14(11)2/h9-11H,3-7H2,1-2H3,(H,13,16)/t9-,10-,11-/m0/s1. The number of fused-ring (bicyclic) bond motifs is 1. The summed E-state index contributed by atoms with van der Waals surface area (Å²) in [7, 11) is 1.88. The van der Waals surface area contributed by atoms with Gasteiger partial charge in [-0.3, -0.25) is 0 Å². The van der Waals surface area contributed by atoms with Crippen molar-refractivity contribution in [3.8, 4) is 0 Å². The number of likely N-dealkylation sites (N-methyl/N-ethyl adjacent to an activating group) is 1. The monoisotopic (exact) mass is 256 g/mol. The first-order chi connectivity index (χ1) is 8.09. The minimum Gasteiger partial charge on any atom is -0.332 e. The fourth-order valence-electron chi connectivity index (χ4n) is 2.70. The van der Waals surface area contributed by atoms with Gasteiger partial charge in [0.15, 0.2) is 0 Å². The molecule has 0 radical (unpaired) electrons. The summed E-state index contributed by atoms with van der Waals surface area (Å²) in [6.45, 7) is 1.65. The van der Waals surface area contributed by atoms with Crippen LogP contribution in [0.15, 0.2) is 0 Å². The molecule has 0 unspecified atom stereocenters. The number of unbranched alkanes of at least 4 members (excludes halogenated alkanes) is 1. The lowest BCUT2D eigenvalue weighted by atomic mass is 10.0. The SMILES string of the molecule is CC(=O)CCCC[C@@H]1SC[C@@H]2NC(=O)N(C)[C@@H]21. The number of carbonyl (C=O) groups is 2. The molecule has 0 spiro atoms. The first-order valence-electron chi connectivity index (χ1n) is 6.24. The molecule has 2 saturated heterocycles. The molecule has 2 heterocycles. The van der Waals surface area contributed by atoms with E-state index in [0.29, 0.717) is 23.8 Å². The number of carbonyl (C=O) groups excluding carboxylic acids is 2. The van der Waals surface area contributed by atoms with Crippen LogP contribution in [0, 0.1) is 0 Å². The van der Waals surface area contributed by atoms with E-state index in [1.165, 1.54) is 0 Å². The lowest BCUT2D eigenvalue weighted by Gasteiger charge is -2.23. The largest absolute Gasteiger partial charge is 0.332 e. The molecular formula is C12H20N2O2S. The zero-order valence-corrected chi connectivity index (χ0v) is 11.3. The van der Waals surface area contributed by atoms with E-state index in [2.05, 4.69) is 5.32 Å². The van der Waals surface area contributed by atoms with Crippen LogP contribution in [-0.4, -0.2) is 46.8 Å². The molecule has 0 aliphatic carbocycles.